The molecule has 1 rings (SSSR count). The molecule has 1 fully saturated rings. The minimum absolute atomic E-state index is 0.0847. The third kappa shape index (κ3) is 5.52. The van der Waals surface area contributed by atoms with Gasteiger partial charge < -0.3 is 10.6 Å². The number of carbonyl (C=O) groups excluding carboxylic acids is 1. The molecule has 4 nitrogen and oxygen atoms in total. The molecule has 2 N–H and O–H groups in total. The molecule has 5 heteroatoms. The highest BCUT2D eigenvalue weighted by Crippen LogP contribution is 2.28. The molecule has 0 spiro atoms. The molecule has 0 radical (unpaired) electrons. The number of carbonyl (C=O) groups is 1. The Morgan fingerprint density at radius 3 is 2.67 bits per heavy atom. The molecular weight excluding hydrogens is 282 g/mol. The van der Waals surface area contributed by atoms with Crippen LogP contribution < -0.4 is 10.6 Å². The van der Waals surface area contributed by atoms with Crippen LogP contribution in [-0.2, 0) is 4.79 Å². The van der Waals surface area contributed by atoms with Crippen LogP contribution >= 0.6 is 11.8 Å². The summed E-state index contributed by atoms with van der Waals surface area (Å²) in [4.78, 5) is 12.1. The van der Waals surface area contributed by atoms with Gasteiger partial charge in [0, 0.05) is 11.3 Å². The topological polar surface area (TPSA) is 64.9 Å². The molecule has 1 aliphatic rings. The van der Waals surface area contributed by atoms with Gasteiger partial charge >= 0.3 is 0 Å². The minimum atomic E-state index is -0.789. The summed E-state index contributed by atoms with van der Waals surface area (Å²) in [6, 6.07) is 2.63. The average molecular weight is 311 g/mol. The molecule has 120 valence electrons. The quantitative estimate of drug-likeness (QED) is 0.759. The Morgan fingerprint density at radius 1 is 1.43 bits per heavy atom. The first kappa shape index (κ1) is 18.3. The second-order valence-corrected chi connectivity index (χ2v) is 7.80. The van der Waals surface area contributed by atoms with Gasteiger partial charge in [0.15, 0.2) is 0 Å². The molecular formula is C16H29N3OS. The number of hydrogen-bond acceptors (Lipinski definition) is 4. The van der Waals surface area contributed by atoms with Crippen molar-refractivity contribution in [1.82, 2.24) is 10.6 Å². The van der Waals surface area contributed by atoms with E-state index in [1.807, 2.05) is 25.6 Å². The lowest BCUT2D eigenvalue weighted by molar-refractivity contribution is -0.122. The van der Waals surface area contributed by atoms with Crippen LogP contribution in [0.1, 0.15) is 53.4 Å². The molecule has 0 unspecified atom stereocenters. The van der Waals surface area contributed by atoms with E-state index in [4.69, 9.17) is 0 Å². The van der Waals surface area contributed by atoms with Crippen molar-refractivity contribution < 1.29 is 4.79 Å². The number of rotatable bonds is 7. The zero-order chi connectivity index (χ0) is 15.9. The summed E-state index contributed by atoms with van der Waals surface area (Å²) in [6.07, 6.45) is 4.91. The van der Waals surface area contributed by atoms with E-state index in [0.29, 0.717) is 17.8 Å². The normalized spacial score (nSPS) is 25.1. The van der Waals surface area contributed by atoms with E-state index < -0.39 is 5.54 Å². The van der Waals surface area contributed by atoms with E-state index in [1.54, 1.807) is 6.92 Å². The van der Waals surface area contributed by atoms with Crippen LogP contribution in [0.4, 0.5) is 0 Å². The predicted molar refractivity (Wildman–Crippen MR) is 89.2 cm³/mol. The number of nitriles is 1. The maximum Gasteiger partial charge on any atom is 0.235 e. The Labute approximate surface area is 133 Å². The van der Waals surface area contributed by atoms with E-state index in [9.17, 15) is 10.1 Å². The van der Waals surface area contributed by atoms with Crippen LogP contribution in [0, 0.1) is 17.2 Å². The summed E-state index contributed by atoms with van der Waals surface area (Å²) >= 11 is 1.99. The Balaban J connectivity index is 2.46. The Kier molecular flexibility index (Phi) is 7.55. The second kappa shape index (κ2) is 8.65. The van der Waals surface area contributed by atoms with E-state index in [0.717, 1.165) is 12.2 Å². The fourth-order valence-electron chi connectivity index (χ4n) is 2.60. The van der Waals surface area contributed by atoms with Gasteiger partial charge in [-0.2, -0.15) is 17.0 Å². The van der Waals surface area contributed by atoms with Crippen molar-refractivity contribution in [2.24, 2.45) is 5.92 Å². The highest BCUT2D eigenvalue weighted by Gasteiger charge is 2.30. The summed E-state index contributed by atoms with van der Waals surface area (Å²) < 4.78 is 0. The van der Waals surface area contributed by atoms with Crippen molar-refractivity contribution in [3.05, 3.63) is 0 Å². The van der Waals surface area contributed by atoms with Crippen molar-refractivity contribution in [3.63, 3.8) is 0 Å². The Morgan fingerprint density at radius 2 is 2.10 bits per heavy atom. The summed E-state index contributed by atoms with van der Waals surface area (Å²) in [5.74, 6) is 1.12. The van der Waals surface area contributed by atoms with Gasteiger partial charge in [0.25, 0.3) is 0 Å². The van der Waals surface area contributed by atoms with Crippen LogP contribution in [0.25, 0.3) is 0 Å². The molecule has 0 bridgehead atoms. The zero-order valence-electron chi connectivity index (χ0n) is 13.7. The second-order valence-electron chi connectivity index (χ2n) is 6.28. The molecule has 1 amide bonds. The van der Waals surface area contributed by atoms with E-state index >= 15 is 0 Å². The highest BCUT2D eigenvalue weighted by atomic mass is 32.2. The van der Waals surface area contributed by atoms with E-state index in [-0.39, 0.29) is 11.8 Å². The van der Waals surface area contributed by atoms with Crippen LogP contribution in [0.5, 0.6) is 0 Å². The van der Waals surface area contributed by atoms with Gasteiger partial charge in [-0.3, -0.25) is 4.79 Å². The van der Waals surface area contributed by atoms with Crippen LogP contribution in [0.3, 0.4) is 0 Å². The lowest BCUT2D eigenvalue weighted by Gasteiger charge is -2.32. The fourth-order valence-corrected chi connectivity index (χ4v) is 3.83. The molecule has 0 aromatic carbocycles. The SMILES string of the molecule is CCS[C@@H]1CCCC[C@H]1NCC(=O)N[C@@](C)(C#N)C(C)C. The van der Waals surface area contributed by atoms with Crippen molar-refractivity contribution >= 4 is 17.7 Å². The lowest BCUT2D eigenvalue weighted by atomic mass is 9.90. The molecule has 0 aromatic rings. The largest absolute Gasteiger partial charge is 0.337 e. The highest BCUT2D eigenvalue weighted by molar-refractivity contribution is 7.99. The minimum Gasteiger partial charge on any atom is -0.337 e. The predicted octanol–water partition coefficient (Wildman–Crippen LogP) is 2.69. The first-order valence-electron chi connectivity index (χ1n) is 8.00. The van der Waals surface area contributed by atoms with Crippen LogP contribution in [0.15, 0.2) is 0 Å². The molecule has 0 saturated heterocycles. The van der Waals surface area contributed by atoms with Crippen LogP contribution in [-0.4, -0.2) is 35.0 Å². The molecule has 1 aliphatic carbocycles. The molecule has 0 aliphatic heterocycles. The zero-order valence-corrected chi connectivity index (χ0v) is 14.6. The third-order valence-corrected chi connectivity index (χ3v) is 5.72. The van der Waals surface area contributed by atoms with Gasteiger partial charge in [-0.05, 0) is 31.4 Å². The van der Waals surface area contributed by atoms with Gasteiger partial charge in [-0.15, -0.1) is 0 Å². The third-order valence-electron chi connectivity index (χ3n) is 4.39. The van der Waals surface area contributed by atoms with Crippen molar-refractivity contribution in [2.75, 3.05) is 12.3 Å². The first-order chi connectivity index (χ1) is 9.92. The van der Waals surface area contributed by atoms with Crippen molar-refractivity contribution in [2.45, 2.75) is 70.2 Å². The summed E-state index contributed by atoms with van der Waals surface area (Å²) in [5.41, 5.74) is -0.789. The van der Waals surface area contributed by atoms with Gasteiger partial charge in [0.05, 0.1) is 12.6 Å². The van der Waals surface area contributed by atoms with Crippen molar-refractivity contribution in [3.8, 4) is 6.07 Å². The number of nitrogens with one attached hydrogen (secondary N) is 2. The number of nitrogens with zero attached hydrogens (tertiary/aromatic N) is 1. The molecule has 3 atom stereocenters. The maximum absolute atomic E-state index is 12.1. The summed E-state index contributed by atoms with van der Waals surface area (Å²) in [5, 5.41) is 16.1. The van der Waals surface area contributed by atoms with Gasteiger partial charge in [-0.1, -0.05) is 33.6 Å². The number of hydrogen-bond donors (Lipinski definition) is 2. The maximum atomic E-state index is 12.1. The van der Waals surface area contributed by atoms with Gasteiger partial charge in [0.2, 0.25) is 5.91 Å². The number of thioether (sulfide) groups is 1. The fraction of sp³-hybridized carbons (Fsp3) is 0.875. The Bertz CT molecular complexity index is 378. The van der Waals surface area contributed by atoms with E-state index in [1.165, 1.54) is 19.3 Å². The van der Waals surface area contributed by atoms with Crippen molar-refractivity contribution in [1.29, 1.82) is 5.26 Å². The lowest BCUT2D eigenvalue weighted by Crippen LogP contribution is -2.53. The van der Waals surface area contributed by atoms with E-state index in [2.05, 4.69) is 23.6 Å². The summed E-state index contributed by atoms with van der Waals surface area (Å²) in [7, 11) is 0. The first-order valence-corrected chi connectivity index (χ1v) is 9.05. The standard InChI is InChI=1S/C16H29N3OS/c1-5-21-14-9-7-6-8-13(14)18-10-15(20)19-16(4,11-17)12(2)3/h12-14,18H,5-10H2,1-4H3,(H,19,20)/t13-,14-,16+/m1/s1. The Hall–Kier alpha value is -0.730. The smallest absolute Gasteiger partial charge is 0.235 e. The number of amides is 1. The molecule has 0 aromatic heterocycles. The monoisotopic (exact) mass is 311 g/mol. The molecule has 0 heterocycles. The molecule has 21 heavy (non-hydrogen) atoms. The van der Waals surface area contributed by atoms with Gasteiger partial charge in [0.1, 0.15) is 5.54 Å². The van der Waals surface area contributed by atoms with Gasteiger partial charge in [-0.25, -0.2) is 0 Å². The van der Waals surface area contributed by atoms with Crippen LogP contribution in [0.2, 0.25) is 0 Å². The molecule has 1 saturated carbocycles. The average Bonchev–Trinajstić information content (AvgIpc) is 2.46. The summed E-state index contributed by atoms with van der Waals surface area (Å²) in [6.45, 7) is 8.17.